The molecular formula is C24H29BN6O. The monoisotopic (exact) mass is 428 g/mol. The lowest BCUT2D eigenvalue weighted by Crippen LogP contribution is -2.39. The molecule has 3 aromatic heterocycles. The molecule has 4 heterocycles. The minimum Gasteiger partial charge on any atom is -0.384 e. The number of ether oxygens (including phenoxy) is 1. The molecule has 3 aromatic rings. The highest BCUT2D eigenvalue weighted by atomic mass is 16.5. The summed E-state index contributed by atoms with van der Waals surface area (Å²) in [6.45, 7) is 7.61. The number of nitrogens with two attached hydrogens (primary N) is 1. The highest BCUT2D eigenvalue weighted by Gasteiger charge is 2.22. The van der Waals surface area contributed by atoms with Gasteiger partial charge in [-0.05, 0) is 50.7 Å². The molecular weight excluding hydrogens is 399 g/mol. The topological polar surface area (TPSA) is 90.4 Å². The van der Waals surface area contributed by atoms with Crippen molar-refractivity contribution in [3.63, 3.8) is 0 Å². The third-order valence-corrected chi connectivity index (χ3v) is 5.89. The van der Waals surface area contributed by atoms with Crippen molar-refractivity contribution in [2.75, 3.05) is 18.9 Å². The summed E-state index contributed by atoms with van der Waals surface area (Å²) in [4.78, 5) is 9.53. The van der Waals surface area contributed by atoms with Gasteiger partial charge in [0.15, 0.2) is 5.65 Å². The number of nitrogens with one attached hydrogen (secondary N) is 1. The highest BCUT2D eigenvalue weighted by molar-refractivity contribution is 6.36. The van der Waals surface area contributed by atoms with Gasteiger partial charge in [0.2, 0.25) is 0 Å². The number of pyridine rings is 1. The Morgan fingerprint density at radius 2 is 2.06 bits per heavy atom. The number of allylic oxidation sites excluding steroid dienone is 4. The fraction of sp³-hybridized carbons (Fsp3) is 0.375. The van der Waals surface area contributed by atoms with Crippen LogP contribution in [0.1, 0.15) is 51.0 Å². The van der Waals surface area contributed by atoms with E-state index in [-0.39, 0.29) is 6.04 Å². The van der Waals surface area contributed by atoms with Crippen molar-refractivity contribution in [3.05, 3.63) is 54.1 Å². The van der Waals surface area contributed by atoms with Crippen LogP contribution in [0.15, 0.2) is 42.8 Å². The van der Waals surface area contributed by atoms with Crippen LogP contribution in [-0.2, 0) is 4.74 Å². The predicted molar refractivity (Wildman–Crippen MR) is 130 cm³/mol. The van der Waals surface area contributed by atoms with Crippen LogP contribution in [0.3, 0.4) is 0 Å². The van der Waals surface area contributed by atoms with Gasteiger partial charge >= 0.3 is 0 Å². The zero-order chi connectivity index (χ0) is 22.7. The summed E-state index contributed by atoms with van der Waals surface area (Å²) in [5.41, 5.74) is 12.0. The fourth-order valence-corrected chi connectivity index (χ4v) is 4.11. The maximum absolute atomic E-state index is 6.36. The molecule has 2 radical (unpaired) electrons. The van der Waals surface area contributed by atoms with Gasteiger partial charge in [0.1, 0.15) is 13.7 Å². The molecule has 0 bridgehead atoms. The van der Waals surface area contributed by atoms with Crippen LogP contribution in [0, 0.1) is 0 Å². The Morgan fingerprint density at radius 3 is 2.72 bits per heavy atom. The maximum atomic E-state index is 6.36. The quantitative estimate of drug-likeness (QED) is 0.464. The SMILES string of the molecule is [B]c1c(C(C)NC2CCOCC2)nc2c(-c3ccc(C(/C=C\C)=C/C)nc3)cnn2c1N. The zero-order valence-corrected chi connectivity index (χ0v) is 18.9. The lowest BCUT2D eigenvalue weighted by molar-refractivity contribution is 0.0753. The summed E-state index contributed by atoms with van der Waals surface area (Å²) in [5, 5.41) is 8.06. The van der Waals surface area contributed by atoms with Crippen molar-refractivity contribution in [1.82, 2.24) is 24.9 Å². The van der Waals surface area contributed by atoms with E-state index in [1.807, 2.05) is 50.4 Å². The largest absolute Gasteiger partial charge is 0.384 e. The molecule has 0 aromatic carbocycles. The lowest BCUT2D eigenvalue weighted by Gasteiger charge is -2.27. The van der Waals surface area contributed by atoms with Crippen LogP contribution in [0.25, 0.3) is 22.3 Å². The van der Waals surface area contributed by atoms with Crippen molar-refractivity contribution in [1.29, 1.82) is 0 Å². The van der Waals surface area contributed by atoms with E-state index in [0.717, 1.165) is 54.1 Å². The average molecular weight is 428 g/mol. The first kappa shape index (κ1) is 22.2. The molecule has 3 N–H and O–H groups in total. The molecule has 8 heteroatoms. The second-order valence-corrected chi connectivity index (χ2v) is 8.04. The van der Waals surface area contributed by atoms with Gasteiger partial charge in [-0.25, -0.2) is 4.98 Å². The first-order valence-corrected chi connectivity index (χ1v) is 11.1. The molecule has 1 atom stereocenters. The Labute approximate surface area is 190 Å². The normalized spacial score (nSPS) is 16.8. The first-order chi connectivity index (χ1) is 15.5. The van der Waals surface area contributed by atoms with Gasteiger partial charge in [-0.1, -0.05) is 24.3 Å². The molecule has 1 aliphatic heterocycles. The molecule has 4 rings (SSSR count). The Balaban J connectivity index is 1.69. The molecule has 1 unspecified atom stereocenters. The van der Waals surface area contributed by atoms with E-state index in [1.165, 1.54) is 0 Å². The van der Waals surface area contributed by atoms with Crippen LogP contribution in [0.5, 0.6) is 0 Å². The maximum Gasteiger partial charge on any atom is 0.165 e. The molecule has 32 heavy (non-hydrogen) atoms. The summed E-state index contributed by atoms with van der Waals surface area (Å²) in [6.07, 6.45) is 11.6. The van der Waals surface area contributed by atoms with Crippen molar-refractivity contribution in [3.8, 4) is 11.1 Å². The number of hydrogen-bond acceptors (Lipinski definition) is 6. The van der Waals surface area contributed by atoms with Crippen LogP contribution in [0.4, 0.5) is 5.82 Å². The standard InChI is InChI=1S/C24H29BN6O/c1-4-6-16(5-2)20-8-7-17(13-27-20)19-14-28-31-23(26)21(25)22(30-24(19)31)15(3)29-18-9-11-32-12-10-18/h4-8,13-15,18,29H,9-12,26H2,1-3H3/b6-4-,16-5+. The molecule has 0 aliphatic carbocycles. The van der Waals surface area contributed by atoms with E-state index in [0.29, 0.717) is 23.0 Å². The summed E-state index contributed by atoms with van der Waals surface area (Å²) in [7, 11) is 6.36. The number of anilines is 1. The summed E-state index contributed by atoms with van der Waals surface area (Å²) in [5.74, 6) is 0.394. The van der Waals surface area contributed by atoms with E-state index in [2.05, 4.69) is 22.3 Å². The Bertz CT molecular complexity index is 1150. The molecule has 1 aliphatic rings. The summed E-state index contributed by atoms with van der Waals surface area (Å²) >= 11 is 0. The molecule has 1 saturated heterocycles. The molecule has 164 valence electrons. The third-order valence-electron chi connectivity index (χ3n) is 5.89. The Hall–Kier alpha value is -2.97. The minimum atomic E-state index is -0.0493. The molecule has 0 amide bonds. The van der Waals surface area contributed by atoms with Gasteiger partial charge in [0, 0.05) is 42.6 Å². The van der Waals surface area contributed by atoms with Crippen LogP contribution in [-0.4, -0.2) is 46.7 Å². The third kappa shape index (κ3) is 4.33. The average Bonchev–Trinajstić information content (AvgIpc) is 3.24. The molecule has 0 saturated carbocycles. The van der Waals surface area contributed by atoms with Crippen molar-refractivity contribution in [2.45, 2.75) is 45.7 Å². The van der Waals surface area contributed by atoms with E-state index in [1.54, 1.807) is 10.7 Å². The molecule has 1 fully saturated rings. The van der Waals surface area contributed by atoms with Gasteiger partial charge in [-0.3, -0.25) is 4.98 Å². The van der Waals surface area contributed by atoms with Gasteiger partial charge < -0.3 is 15.8 Å². The highest BCUT2D eigenvalue weighted by Crippen LogP contribution is 2.26. The van der Waals surface area contributed by atoms with Crippen molar-refractivity contribution < 1.29 is 4.74 Å². The molecule has 7 nitrogen and oxygen atoms in total. The number of nitrogen functional groups attached to an aromatic ring is 1. The number of aromatic nitrogens is 4. The van der Waals surface area contributed by atoms with E-state index >= 15 is 0 Å². The lowest BCUT2D eigenvalue weighted by atomic mass is 9.91. The predicted octanol–water partition coefficient (Wildman–Crippen LogP) is 2.98. The van der Waals surface area contributed by atoms with E-state index in [9.17, 15) is 0 Å². The van der Waals surface area contributed by atoms with Crippen molar-refractivity contribution >= 4 is 30.3 Å². The first-order valence-electron chi connectivity index (χ1n) is 11.1. The van der Waals surface area contributed by atoms with E-state index in [4.69, 9.17) is 23.3 Å². The number of nitrogens with zero attached hydrogens (tertiary/aromatic N) is 4. The Morgan fingerprint density at radius 1 is 1.28 bits per heavy atom. The van der Waals surface area contributed by atoms with Gasteiger partial charge in [0.25, 0.3) is 0 Å². The minimum absolute atomic E-state index is 0.0493. The van der Waals surface area contributed by atoms with Gasteiger partial charge in [-0.15, -0.1) is 0 Å². The van der Waals surface area contributed by atoms with Crippen LogP contribution < -0.4 is 16.5 Å². The zero-order valence-electron chi connectivity index (χ0n) is 18.9. The van der Waals surface area contributed by atoms with Gasteiger partial charge in [0.05, 0.1) is 17.6 Å². The van der Waals surface area contributed by atoms with Crippen molar-refractivity contribution in [2.24, 2.45) is 0 Å². The summed E-state index contributed by atoms with van der Waals surface area (Å²) in [6, 6.07) is 4.36. The number of rotatable bonds is 6. The second kappa shape index (κ2) is 9.67. The Kier molecular flexibility index (Phi) is 6.72. The summed E-state index contributed by atoms with van der Waals surface area (Å²) < 4.78 is 7.06. The number of fused-ring (bicyclic) bond motifs is 1. The second-order valence-electron chi connectivity index (χ2n) is 8.04. The fourth-order valence-electron chi connectivity index (χ4n) is 4.11. The van der Waals surface area contributed by atoms with Crippen LogP contribution in [0.2, 0.25) is 0 Å². The van der Waals surface area contributed by atoms with Gasteiger partial charge in [-0.2, -0.15) is 9.61 Å². The van der Waals surface area contributed by atoms with E-state index < -0.39 is 0 Å². The van der Waals surface area contributed by atoms with Crippen LogP contribution >= 0.6 is 0 Å². The molecule has 0 spiro atoms. The smallest absolute Gasteiger partial charge is 0.165 e. The number of hydrogen-bond donors (Lipinski definition) is 2.